The molecule has 0 saturated heterocycles. The molecule has 0 fully saturated rings. The molecule has 0 aliphatic carbocycles. The lowest BCUT2D eigenvalue weighted by Gasteiger charge is -2.17. The van der Waals surface area contributed by atoms with Crippen molar-refractivity contribution in [3.8, 4) is 5.75 Å². The Morgan fingerprint density at radius 3 is 2.09 bits per heavy atom. The van der Waals surface area contributed by atoms with E-state index >= 15 is 0 Å². The van der Waals surface area contributed by atoms with Crippen LogP contribution in [0.25, 0.3) is 0 Å². The summed E-state index contributed by atoms with van der Waals surface area (Å²) in [7, 11) is -6.26. The van der Waals surface area contributed by atoms with E-state index in [1.54, 1.807) is 0 Å². The van der Waals surface area contributed by atoms with Crippen molar-refractivity contribution in [2.24, 2.45) is 0 Å². The van der Waals surface area contributed by atoms with Gasteiger partial charge in [-0.15, -0.1) is 0 Å². The quantitative estimate of drug-likeness (QED) is 0.318. The smallest absolute Gasteiger partial charge is 0.428 e. The van der Waals surface area contributed by atoms with E-state index in [0.717, 1.165) is 0 Å². The Bertz CT molecular complexity index is 728. The first-order valence-corrected chi connectivity index (χ1v) is 9.00. The summed E-state index contributed by atoms with van der Waals surface area (Å²) in [6.07, 6.45) is 0. The molecule has 1 rings (SSSR count). The van der Waals surface area contributed by atoms with Gasteiger partial charge in [-0.25, -0.2) is 18.0 Å². The summed E-state index contributed by atoms with van der Waals surface area (Å²) < 4.78 is 66.1. The van der Waals surface area contributed by atoms with Gasteiger partial charge in [0.25, 0.3) is 0 Å². The molecule has 23 heavy (non-hydrogen) atoms. The molecule has 0 unspecified atom stereocenters. The van der Waals surface area contributed by atoms with E-state index in [1.807, 2.05) is 0 Å². The van der Waals surface area contributed by atoms with Crippen LogP contribution in [0.5, 0.6) is 5.75 Å². The number of halogens is 5. The first kappa shape index (κ1) is 20.4. The molecule has 0 aliphatic heterocycles. The summed E-state index contributed by atoms with van der Waals surface area (Å²) in [6.45, 7) is -1.32. The van der Waals surface area contributed by atoms with Gasteiger partial charge in [-0.1, -0.05) is 15.9 Å². The number of alkyl halides is 2. The molecule has 0 radical (unpaired) electrons. The van der Waals surface area contributed by atoms with Gasteiger partial charge in [0.15, 0.2) is 22.5 Å². The lowest BCUT2D eigenvalue weighted by molar-refractivity contribution is -0.166. The van der Waals surface area contributed by atoms with E-state index in [-0.39, 0.29) is 5.75 Å². The van der Waals surface area contributed by atoms with Crippen molar-refractivity contribution in [3.05, 3.63) is 25.6 Å². The van der Waals surface area contributed by atoms with Gasteiger partial charge in [0.1, 0.15) is 0 Å². The van der Waals surface area contributed by atoms with E-state index in [4.69, 9.17) is 4.74 Å². The molecule has 0 heterocycles. The molecule has 13 heteroatoms. The largest absolute Gasteiger partial charge is 0.743 e. The first-order valence-electron chi connectivity index (χ1n) is 5.22. The van der Waals surface area contributed by atoms with E-state index in [9.17, 15) is 31.3 Å². The number of carbonyl (C=O) groups is 2. The number of hydrogen-bond donors (Lipinski definition) is 0. The summed E-state index contributed by atoms with van der Waals surface area (Å²) in [5.41, 5.74) is 0. The minimum Gasteiger partial charge on any atom is -0.743 e. The molecule has 0 N–H and O–H groups in total. The van der Waals surface area contributed by atoms with Crippen LogP contribution in [0.4, 0.5) is 8.78 Å². The highest BCUT2D eigenvalue weighted by molar-refractivity contribution is 9.11. The van der Waals surface area contributed by atoms with Crippen LogP contribution in [-0.2, 0) is 24.4 Å². The standard InChI is InChI=1S/C10H5Br3F2O7S/c11-4-1-5(12)8(6(13)2-4)22-7(16)3-21-9(17)10(14,15)23(18,19)20/h1-2H,3H2,(H,18,19,20)/p-1. The van der Waals surface area contributed by atoms with Gasteiger partial charge in [-0.2, -0.15) is 8.78 Å². The molecule has 0 atom stereocenters. The summed E-state index contributed by atoms with van der Waals surface area (Å²) in [5, 5.41) is -5.30. The number of ether oxygens (including phenoxy) is 2. The molecule has 7 nitrogen and oxygen atoms in total. The molecule has 0 aliphatic rings. The average Bonchev–Trinajstić information content (AvgIpc) is 2.38. The predicted molar refractivity (Wildman–Crippen MR) is 80.8 cm³/mol. The SMILES string of the molecule is O=C(COC(=O)C(F)(F)S(=O)(=O)[O-])Oc1c(Br)cc(Br)cc1Br. The van der Waals surface area contributed by atoms with Gasteiger partial charge in [0, 0.05) is 4.47 Å². The van der Waals surface area contributed by atoms with Crippen molar-refractivity contribution in [1.29, 1.82) is 0 Å². The third-order valence-electron chi connectivity index (χ3n) is 2.05. The molecule has 1 aromatic rings. The van der Waals surface area contributed by atoms with Crippen LogP contribution in [-0.4, -0.2) is 36.8 Å². The average molecular weight is 546 g/mol. The van der Waals surface area contributed by atoms with Gasteiger partial charge >= 0.3 is 17.2 Å². The van der Waals surface area contributed by atoms with Crippen molar-refractivity contribution in [2.75, 3.05) is 6.61 Å². The zero-order valence-electron chi connectivity index (χ0n) is 10.5. The van der Waals surface area contributed by atoms with Crippen molar-refractivity contribution >= 4 is 69.8 Å². The maximum Gasteiger partial charge on any atom is 0.428 e. The van der Waals surface area contributed by atoms with Gasteiger partial charge in [0.05, 0.1) is 8.95 Å². The van der Waals surface area contributed by atoms with Crippen LogP contribution in [0.15, 0.2) is 25.6 Å². The summed E-state index contributed by atoms with van der Waals surface area (Å²) >= 11 is 9.32. The van der Waals surface area contributed by atoms with Crippen molar-refractivity contribution < 1.29 is 40.8 Å². The lowest BCUT2D eigenvalue weighted by atomic mass is 10.3. The fraction of sp³-hybridized carbons (Fsp3) is 0.200. The maximum atomic E-state index is 12.8. The lowest BCUT2D eigenvalue weighted by Crippen LogP contribution is -2.40. The Morgan fingerprint density at radius 2 is 1.65 bits per heavy atom. The van der Waals surface area contributed by atoms with Crippen LogP contribution in [0.1, 0.15) is 0 Å². The van der Waals surface area contributed by atoms with Gasteiger partial charge in [0.2, 0.25) is 0 Å². The third-order valence-corrected chi connectivity index (χ3v) is 4.48. The summed E-state index contributed by atoms with van der Waals surface area (Å²) in [6, 6.07) is 3.02. The molecule has 1 aromatic carbocycles. The first-order chi connectivity index (χ1) is 10.4. The molecule has 0 bridgehead atoms. The fourth-order valence-electron chi connectivity index (χ4n) is 1.08. The Morgan fingerprint density at radius 1 is 1.17 bits per heavy atom. The van der Waals surface area contributed by atoms with Gasteiger partial charge in [-0.05, 0) is 44.0 Å². The number of esters is 2. The van der Waals surface area contributed by atoms with E-state index in [1.165, 1.54) is 12.1 Å². The van der Waals surface area contributed by atoms with E-state index in [2.05, 4.69) is 52.5 Å². The van der Waals surface area contributed by atoms with Crippen LogP contribution < -0.4 is 4.74 Å². The minimum absolute atomic E-state index is 0.0301. The number of benzene rings is 1. The molecule has 0 saturated carbocycles. The van der Waals surface area contributed by atoms with E-state index < -0.39 is 33.9 Å². The van der Waals surface area contributed by atoms with Crippen molar-refractivity contribution in [3.63, 3.8) is 0 Å². The second-order valence-electron chi connectivity index (χ2n) is 3.72. The Balaban J connectivity index is 2.75. The molecule has 0 amide bonds. The highest BCUT2D eigenvalue weighted by atomic mass is 79.9. The molecule has 128 valence electrons. The highest BCUT2D eigenvalue weighted by Crippen LogP contribution is 2.36. The normalized spacial score (nSPS) is 11.9. The minimum atomic E-state index is -6.26. The Kier molecular flexibility index (Phi) is 6.66. The molecular weight excluding hydrogens is 542 g/mol. The van der Waals surface area contributed by atoms with Crippen molar-refractivity contribution in [1.82, 2.24) is 0 Å². The topological polar surface area (TPSA) is 110 Å². The fourth-order valence-corrected chi connectivity index (χ4v) is 3.76. The molecule has 0 spiro atoms. The van der Waals surface area contributed by atoms with Crippen molar-refractivity contribution in [2.45, 2.75) is 5.25 Å². The van der Waals surface area contributed by atoms with Crippen LogP contribution >= 0.6 is 47.8 Å². The second-order valence-corrected chi connectivity index (χ2v) is 7.76. The Labute approximate surface area is 153 Å². The van der Waals surface area contributed by atoms with Crippen LogP contribution in [0.3, 0.4) is 0 Å². The van der Waals surface area contributed by atoms with E-state index in [0.29, 0.717) is 13.4 Å². The summed E-state index contributed by atoms with van der Waals surface area (Å²) in [4.78, 5) is 22.3. The summed E-state index contributed by atoms with van der Waals surface area (Å²) in [5.74, 6) is -3.97. The number of carbonyl (C=O) groups excluding carboxylic acids is 2. The maximum absolute atomic E-state index is 12.8. The highest BCUT2D eigenvalue weighted by Gasteiger charge is 2.48. The monoisotopic (exact) mass is 543 g/mol. The zero-order chi connectivity index (χ0) is 18.0. The van der Waals surface area contributed by atoms with Crippen LogP contribution in [0.2, 0.25) is 0 Å². The second kappa shape index (κ2) is 7.51. The number of rotatable bonds is 5. The molecule has 0 aromatic heterocycles. The van der Waals surface area contributed by atoms with Gasteiger partial charge < -0.3 is 14.0 Å². The Hall–Kier alpha value is -0.630. The third kappa shape index (κ3) is 5.17. The van der Waals surface area contributed by atoms with Gasteiger partial charge in [-0.3, -0.25) is 0 Å². The molecular formula is C10H4Br3F2O7S-. The zero-order valence-corrected chi connectivity index (χ0v) is 16.1. The number of hydrogen-bond acceptors (Lipinski definition) is 7. The van der Waals surface area contributed by atoms with Crippen LogP contribution in [0, 0.1) is 0 Å². The predicted octanol–water partition coefficient (Wildman–Crippen LogP) is 2.56.